The number of hydrogen-bond donors (Lipinski definition) is 0. The molecule has 310 valence electrons. The zero-order chi connectivity index (χ0) is 39.5. The molecule has 0 N–H and O–H groups in total. The fraction of sp³-hybridized carbons (Fsp3) is 0.481. The van der Waals surface area contributed by atoms with Crippen LogP contribution >= 0.6 is 24.8 Å². The van der Waals surface area contributed by atoms with Gasteiger partial charge in [0.2, 0.25) is 0 Å². The van der Waals surface area contributed by atoms with E-state index in [1.807, 2.05) is 0 Å². The Morgan fingerprint density at radius 1 is 0.552 bits per heavy atom. The van der Waals surface area contributed by atoms with Crippen LogP contribution < -0.4 is 0 Å². The van der Waals surface area contributed by atoms with E-state index in [1.54, 1.807) is 33.4 Å². The van der Waals surface area contributed by atoms with Crippen LogP contribution in [-0.2, 0) is 17.4 Å². The number of allylic oxidation sites excluding steroid dienone is 2. The van der Waals surface area contributed by atoms with Crippen LogP contribution in [0.25, 0.3) is 34.4 Å². The Labute approximate surface area is 367 Å². The van der Waals surface area contributed by atoms with Crippen molar-refractivity contribution < 1.29 is 17.4 Å². The van der Waals surface area contributed by atoms with E-state index in [4.69, 9.17) is 0 Å². The Kier molecular flexibility index (Phi) is 13.7. The van der Waals surface area contributed by atoms with Crippen LogP contribution in [0.5, 0.6) is 0 Å². The van der Waals surface area contributed by atoms with Gasteiger partial charge in [0, 0.05) is 0 Å². The quantitative estimate of drug-likeness (QED) is 0.124. The number of fused-ring (bicyclic) bond motifs is 2. The summed E-state index contributed by atoms with van der Waals surface area (Å²) in [6.07, 6.45) is 24.8. The summed E-state index contributed by atoms with van der Waals surface area (Å²) < 4.78 is 6.94. The van der Waals surface area contributed by atoms with Gasteiger partial charge in [-0.1, -0.05) is 0 Å². The van der Waals surface area contributed by atoms with Gasteiger partial charge in [-0.25, -0.2) is 0 Å². The zero-order valence-electron chi connectivity index (χ0n) is 37.2. The summed E-state index contributed by atoms with van der Waals surface area (Å²) in [4.78, 5) is 0. The second-order valence-corrected chi connectivity index (χ2v) is 51.4. The fourth-order valence-corrected chi connectivity index (χ4v) is 33.3. The predicted molar refractivity (Wildman–Crippen MR) is 260 cm³/mol. The van der Waals surface area contributed by atoms with E-state index in [1.165, 1.54) is 134 Å². The van der Waals surface area contributed by atoms with Gasteiger partial charge in [-0.15, -0.1) is 24.8 Å². The number of halogens is 2. The average Bonchev–Trinajstić information content (AvgIpc) is 3.93. The molecule has 4 heteroatoms. The van der Waals surface area contributed by atoms with E-state index in [2.05, 4.69) is 143 Å². The van der Waals surface area contributed by atoms with E-state index in [-0.39, 0.29) is 24.8 Å². The van der Waals surface area contributed by atoms with E-state index in [0.717, 1.165) is 0 Å². The number of aryl methyl sites for hydroxylation is 4. The maximum Gasteiger partial charge on any atom is -0.147 e. The van der Waals surface area contributed by atoms with Crippen LogP contribution in [0, 0.1) is 38.5 Å². The molecule has 4 aliphatic carbocycles. The van der Waals surface area contributed by atoms with Gasteiger partial charge in [-0.05, 0) is 0 Å². The summed E-state index contributed by atoms with van der Waals surface area (Å²) in [7, 11) is 0. The Balaban J connectivity index is 0.00000283. The molecule has 4 aromatic rings. The van der Waals surface area contributed by atoms with Gasteiger partial charge in [0.15, 0.2) is 0 Å². The van der Waals surface area contributed by atoms with Crippen molar-refractivity contribution in [2.24, 2.45) is 10.8 Å². The van der Waals surface area contributed by atoms with E-state index in [9.17, 15) is 0 Å². The monoisotopic (exact) mass is 908 g/mol. The van der Waals surface area contributed by atoms with Crippen LogP contribution in [0.4, 0.5) is 0 Å². The van der Waals surface area contributed by atoms with Gasteiger partial charge >= 0.3 is 346 Å². The van der Waals surface area contributed by atoms with Crippen molar-refractivity contribution in [3.05, 3.63) is 128 Å². The van der Waals surface area contributed by atoms with Crippen LogP contribution in [0.1, 0.15) is 155 Å². The van der Waals surface area contributed by atoms with E-state index >= 15 is 0 Å². The first-order valence-corrected chi connectivity index (χ1v) is 36.3. The van der Waals surface area contributed by atoms with Crippen molar-refractivity contribution in [1.82, 2.24) is 0 Å². The first-order chi connectivity index (χ1) is 26.7. The largest absolute Gasteiger partial charge is 0.147 e. The molecule has 2 saturated carbocycles. The Morgan fingerprint density at radius 3 is 1.22 bits per heavy atom. The Bertz CT molecular complexity index is 2090. The summed E-state index contributed by atoms with van der Waals surface area (Å²) in [6.45, 7) is 16.6. The number of hydrogen-bond acceptors (Lipinski definition) is 0. The second kappa shape index (κ2) is 17.4. The number of rotatable bonds is 12. The molecule has 0 saturated heterocycles. The first kappa shape index (κ1) is 45.6. The van der Waals surface area contributed by atoms with Gasteiger partial charge in [0.1, 0.15) is 0 Å². The molecule has 0 aromatic heterocycles. The number of benzene rings is 4. The average molecular weight is 911 g/mol. The van der Waals surface area contributed by atoms with Gasteiger partial charge in [-0.3, -0.25) is 0 Å². The Hall–Kier alpha value is -1.96. The molecular formula is C54H72Cl2SiZr. The van der Waals surface area contributed by atoms with Crippen LogP contribution in [0.3, 0.4) is 0 Å². The van der Waals surface area contributed by atoms with Crippen molar-refractivity contribution in [1.29, 1.82) is 0 Å². The standard InChI is InChI=1S/2C26H31.2CH3.2ClH.H2Si.Zr/c2*1-4-10-26(11-5-6-12-26)18-21-16-22-8-7-9-24(25(22)17-21)23-14-19(2)13-20(3)15-23;;;;;;/h2*7-9,13-17H,4-6,10-12,18H2,1-3H3;2*1H3;2*1H;1H2;. The molecule has 0 nitrogen and oxygen atoms in total. The Morgan fingerprint density at radius 2 is 0.897 bits per heavy atom. The summed E-state index contributed by atoms with van der Waals surface area (Å²) in [5, 5.41) is 0. The third-order valence-electron chi connectivity index (χ3n) is 15.3. The molecule has 0 radical (unpaired) electrons. The SMILES string of the molecule is CCCC1(CC2=Cc3c(-c4cc(C)cc(C)c4)cccc3[CH]2[Zr]([CH3])([CH3])(=[SiH2])[CH]2C(CC3(CCC)CCCC3)=Cc3c(-c4cc(C)cc(C)c4)cccc32)CCCC1.Cl.Cl. The minimum absolute atomic E-state index is 0. The van der Waals surface area contributed by atoms with E-state index < -0.39 is 17.4 Å². The molecule has 0 amide bonds. The molecule has 8 rings (SSSR count). The zero-order valence-corrected chi connectivity index (χ0v) is 42.7. The van der Waals surface area contributed by atoms with Crippen molar-refractivity contribution in [2.45, 2.75) is 148 Å². The second-order valence-electron chi connectivity index (χ2n) is 20.9. The third-order valence-corrected chi connectivity index (χ3v) is 32.8. The van der Waals surface area contributed by atoms with Crippen molar-refractivity contribution in [2.75, 3.05) is 0 Å². The summed E-state index contributed by atoms with van der Waals surface area (Å²) >= 11 is -3.94. The maximum absolute atomic E-state index is 3.94. The molecule has 4 aromatic carbocycles. The molecule has 2 fully saturated rings. The molecule has 4 aliphatic rings. The van der Waals surface area contributed by atoms with E-state index in [0.29, 0.717) is 18.1 Å². The molecular weight excluding hydrogens is 839 g/mol. The van der Waals surface area contributed by atoms with Crippen molar-refractivity contribution in [3.63, 3.8) is 0 Å². The maximum atomic E-state index is 2.93. The van der Waals surface area contributed by atoms with Crippen molar-refractivity contribution >= 4 is 43.8 Å². The van der Waals surface area contributed by atoms with Crippen molar-refractivity contribution in [3.8, 4) is 22.3 Å². The van der Waals surface area contributed by atoms with Gasteiger partial charge in [0.25, 0.3) is 0 Å². The first-order valence-electron chi connectivity index (χ1n) is 22.6. The van der Waals surface area contributed by atoms with Crippen LogP contribution in [-0.4, -0.2) is 6.88 Å². The molecule has 0 heterocycles. The minimum Gasteiger partial charge on any atom is -0.147 e. The topological polar surface area (TPSA) is 0 Å². The molecule has 2 unspecified atom stereocenters. The summed E-state index contributed by atoms with van der Waals surface area (Å²) in [5.41, 5.74) is 22.1. The molecule has 0 aliphatic heterocycles. The summed E-state index contributed by atoms with van der Waals surface area (Å²) in [5.74, 6) is 0. The minimum atomic E-state index is -3.94. The summed E-state index contributed by atoms with van der Waals surface area (Å²) in [6, 6.07) is 29.3. The van der Waals surface area contributed by atoms with Crippen LogP contribution in [0.2, 0.25) is 9.26 Å². The molecule has 58 heavy (non-hydrogen) atoms. The normalized spacial score (nSPS) is 20.5. The molecule has 0 spiro atoms. The third kappa shape index (κ3) is 8.46. The van der Waals surface area contributed by atoms with Gasteiger partial charge in [-0.2, -0.15) is 0 Å². The molecule has 2 atom stereocenters. The van der Waals surface area contributed by atoms with Crippen LogP contribution in [0.15, 0.2) is 83.9 Å². The fourth-order valence-electron chi connectivity index (χ4n) is 13.6. The molecule has 0 bridgehead atoms. The smallest absolute Gasteiger partial charge is 0.147 e. The predicted octanol–water partition coefficient (Wildman–Crippen LogP) is 16.5. The van der Waals surface area contributed by atoms with Gasteiger partial charge < -0.3 is 0 Å². The van der Waals surface area contributed by atoms with Gasteiger partial charge in [0.05, 0.1) is 0 Å².